The molecular formula is C20H14Cl2N4O3S. The Morgan fingerprint density at radius 3 is 2.63 bits per heavy atom. The third-order valence-corrected chi connectivity index (χ3v) is 5.99. The molecule has 30 heavy (non-hydrogen) atoms. The number of hydrogen-bond donors (Lipinski definition) is 1. The lowest BCUT2D eigenvalue weighted by atomic mass is 10.3. The first-order chi connectivity index (χ1) is 14.4. The molecule has 0 bridgehead atoms. The molecule has 1 N–H and O–H groups in total. The highest BCUT2D eigenvalue weighted by Gasteiger charge is 2.17. The lowest BCUT2D eigenvalue weighted by Gasteiger charge is -2.13. The predicted octanol–water partition coefficient (Wildman–Crippen LogP) is 3.61. The van der Waals surface area contributed by atoms with Gasteiger partial charge in [-0.2, -0.15) is 0 Å². The van der Waals surface area contributed by atoms with E-state index in [0.717, 1.165) is 9.44 Å². The van der Waals surface area contributed by atoms with E-state index in [1.807, 2.05) is 17.5 Å². The van der Waals surface area contributed by atoms with Crippen LogP contribution in [0.1, 0.15) is 4.88 Å². The molecule has 0 aliphatic heterocycles. The van der Waals surface area contributed by atoms with Crippen molar-refractivity contribution in [3.05, 3.63) is 89.8 Å². The molecular weight excluding hydrogens is 447 g/mol. The Morgan fingerprint density at radius 1 is 1.07 bits per heavy atom. The van der Waals surface area contributed by atoms with Crippen molar-refractivity contribution in [1.82, 2.24) is 14.1 Å². The van der Waals surface area contributed by atoms with Crippen LogP contribution in [-0.4, -0.2) is 20.0 Å². The Bertz CT molecular complexity index is 1360. The molecule has 1 aromatic carbocycles. The maximum Gasteiger partial charge on any atom is 0.332 e. The third-order valence-electron chi connectivity index (χ3n) is 4.39. The SMILES string of the molecule is O=C(Cn1c(=O)n(Cc2cccs2)c(=O)c2ncccc21)Nc1ccc(Cl)c(Cl)c1. The molecule has 3 heterocycles. The number of benzene rings is 1. The molecule has 0 aliphatic carbocycles. The minimum Gasteiger partial charge on any atom is -0.324 e. The molecule has 0 fully saturated rings. The lowest BCUT2D eigenvalue weighted by Crippen LogP contribution is -2.42. The van der Waals surface area contributed by atoms with Crippen LogP contribution in [0.15, 0.2) is 63.6 Å². The van der Waals surface area contributed by atoms with Crippen molar-refractivity contribution in [2.24, 2.45) is 0 Å². The summed E-state index contributed by atoms with van der Waals surface area (Å²) in [4.78, 5) is 43.5. The average Bonchev–Trinajstić information content (AvgIpc) is 3.24. The van der Waals surface area contributed by atoms with E-state index in [-0.39, 0.29) is 18.6 Å². The second-order valence-corrected chi connectivity index (χ2v) is 8.23. The summed E-state index contributed by atoms with van der Waals surface area (Å²) in [5, 5.41) is 5.21. The summed E-state index contributed by atoms with van der Waals surface area (Å²) in [6.07, 6.45) is 1.48. The van der Waals surface area contributed by atoms with Crippen LogP contribution in [0.2, 0.25) is 10.0 Å². The first kappa shape index (κ1) is 20.3. The summed E-state index contributed by atoms with van der Waals surface area (Å²) >= 11 is 13.3. The number of carbonyl (C=O) groups excluding carboxylic acids is 1. The largest absolute Gasteiger partial charge is 0.332 e. The monoisotopic (exact) mass is 460 g/mol. The van der Waals surface area contributed by atoms with Gasteiger partial charge in [0.2, 0.25) is 5.91 Å². The smallest absolute Gasteiger partial charge is 0.324 e. The van der Waals surface area contributed by atoms with Gasteiger partial charge in [0.25, 0.3) is 5.56 Å². The number of thiophene rings is 1. The van der Waals surface area contributed by atoms with Gasteiger partial charge in [0, 0.05) is 16.8 Å². The Hall–Kier alpha value is -2.94. The molecule has 0 saturated carbocycles. The highest BCUT2D eigenvalue weighted by atomic mass is 35.5. The molecule has 7 nitrogen and oxygen atoms in total. The number of pyridine rings is 1. The number of fused-ring (bicyclic) bond motifs is 1. The molecule has 152 valence electrons. The first-order valence-corrected chi connectivity index (χ1v) is 10.4. The van der Waals surface area contributed by atoms with Crippen molar-refractivity contribution in [3.8, 4) is 0 Å². The highest BCUT2D eigenvalue weighted by Crippen LogP contribution is 2.25. The summed E-state index contributed by atoms with van der Waals surface area (Å²) in [7, 11) is 0. The fraction of sp³-hybridized carbons (Fsp3) is 0.100. The van der Waals surface area contributed by atoms with Crippen molar-refractivity contribution in [2.45, 2.75) is 13.1 Å². The fourth-order valence-corrected chi connectivity index (χ4v) is 4.00. The molecule has 0 atom stereocenters. The molecule has 10 heteroatoms. The van der Waals surface area contributed by atoms with Gasteiger partial charge in [-0.1, -0.05) is 29.3 Å². The van der Waals surface area contributed by atoms with Gasteiger partial charge in [-0.05, 0) is 41.8 Å². The number of nitrogens with one attached hydrogen (secondary N) is 1. The molecule has 1 amide bonds. The maximum absolute atomic E-state index is 13.1. The molecule has 3 aromatic heterocycles. The summed E-state index contributed by atoms with van der Waals surface area (Å²) < 4.78 is 2.33. The molecule has 0 spiro atoms. The summed E-state index contributed by atoms with van der Waals surface area (Å²) in [5.41, 5.74) is -0.227. The van der Waals surface area contributed by atoms with E-state index in [1.165, 1.54) is 28.2 Å². The van der Waals surface area contributed by atoms with E-state index >= 15 is 0 Å². The Balaban J connectivity index is 1.73. The van der Waals surface area contributed by atoms with Gasteiger partial charge in [-0.3, -0.25) is 18.7 Å². The normalized spacial score (nSPS) is 11.0. The molecule has 0 radical (unpaired) electrons. The van der Waals surface area contributed by atoms with E-state index in [1.54, 1.807) is 24.3 Å². The molecule has 0 aliphatic rings. The van der Waals surface area contributed by atoms with Gasteiger partial charge < -0.3 is 5.32 Å². The van der Waals surface area contributed by atoms with Crippen molar-refractivity contribution in [1.29, 1.82) is 0 Å². The standard InChI is InChI=1S/C20H14Cl2N4O3S/c21-14-6-5-12(9-15(14)22)24-17(27)11-25-16-4-1-7-23-18(16)19(28)26(20(25)29)10-13-3-2-8-30-13/h1-9H,10-11H2,(H,24,27). The molecule has 4 aromatic rings. The third kappa shape index (κ3) is 4.02. The highest BCUT2D eigenvalue weighted by molar-refractivity contribution is 7.09. The minimum absolute atomic E-state index is 0.107. The zero-order valence-electron chi connectivity index (χ0n) is 15.3. The average molecular weight is 461 g/mol. The van der Waals surface area contributed by atoms with Gasteiger partial charge in [0.1, 0.15) is 6.54 Å². The van der Waals surface area contributed by atoms with Crippen molar-refractivity contribution in [2.75, 3.05) is 5.32 Å². The summed E-state index contributed by atoms with van der Waals surface area (Å²) in [6, 6.07) is 11.6. The van der Waals surface area contributed by atoms with E-state index in [0.29, 0.717) is 21.2 Å². The number of amides is 1. The van der Waals surface area contributed by atoms with Crippen LogP contribution >= 0.6 is 34.5 Å². The second-order valence-electron chi connectivity index (χ2n) is 6.39. The zero-order valence-corrected chi connectivity index (χ0v) is 17.7. The molecule has 4 rings (SSSR count). The van der Waals surface area contributed by atoms with Crippen LogP contribution in [0.25, 0.3) is 11.0 Å². The van der Waals surface area contributed by atoms with Crippen LogP contribution in [0.3, 0.4) is 0 Å². The van der Waals surface area contributed by atoms with Gasteiger partial charge in [0.05, 0.1) is 22.1 Å². The van der Waals surface area contributed by atoms with E-state index in [2.05, 4.69) is 10.3 Å². The Kier molecular flexibility index (Phi) is 5.72. The topological polar surface area (TPSA) is 86.0 Å². The zero-order chi connectivity index (χ0) is 21.3. The number of halogens is 2. The van der Waals surface area contributed by atoms with Crippen LogP contribution in [0.5, 0.6) is 0 Å². The van der Waals surface area contributed by atoms with Crippen LogP contribution < -0.4 is 16.6 Å². The van der Waals surface area contributed by atoms with Crippen LogP contribution in [-0.2, 0) is 17.9 Å². The maximum atomic E-state index is 13.1. The van der Waals surface area contributed by atoms with Crippen LogP contribution in [0, 0.1) is 0 Å². The minimum atomic E-state index is -0.585. The van der Waals surface area contributed by atoms with Gasteiger partial charge in [0.15, 0.2) is 5.52 Å². The van der Waals surface area contributed by atoms with E-state index in [9.17, 15) is 14.4 Å². The number of nitrogens with zero attached hydrogens (tertiary/aromatic N) is 3. The van der Waals surface area contributed by atoms with E-state index in [4.69, 9.17) is 23.2 Å². The van der Waals surface area contributed by atoms with E-state index < -0.39 is 17.2 Å². The van der Waals surface area contributed by atoms with Crippen molar-refractivity contribution < 1.29 is 4.79 Å². The second kappa shape index (κ2) is 8.43. The number of anilines is 1. The lowest BCUT2D eigenvalue weighted by molar-refractivity contribution is -0.116. The van der Waals surface area contributed by atoms with Crippen molar-refractivity contribution >= 4 is 57.2 Å². The van der Waals surface area contributed by atoms with Crippen molar-refractivity contribution in [3.63, 3.8) is 0 Å². The summed E-state index contributed by atoms with van der Waals surface area (Å²) in [5.74, 6) is -0.457. The Morgan fingerprint density at radius 2 is 1.90 bits per heavy atom. The molecule has 0 saturated heterocycles. The number of hydrogen-bond acceptors (Lipinski definition) is 5. The first-order valence-electron chi connectivity index (χ1n) is 8.79. The summed E-state index contributed by atoms with van der Waals surface area (Å²) in [6.45, 7) is -0.192. The Labute approximate surface area is 184 Å². The van der Waals surface area contributed by atoms with Gasteiger partial charge in [-0.25, -0.2) is 9.78 Å². The number of aromatic nitrogens is 3. The van der Waals surface area contributed by atoms with Gasteiger partial charge in [-0.15, -0.1) is 11.3 Å². The fourth-order valence-electron chi connectivity index (χ4n) is 3.01. The molecule has 0 unspecified atom stereocenters. The quantitative estimate of drug-likeness (QED) is 0.492. The number of rotatable bonds is 5. The van der Waals surface area contributed by atoms with Gasteiger partial charge >= 0.3 is 5.69 Å². The van der Waals surface area contributed by atoms with Crippen LogP contribution in [0.4, 0.5) is 5.69 Å². The number of carbonyl (C=O) groups is 1. The predicted molar refractivity (Wildman–Crippen MR) is 119 cm³/mol.